The molecule has 0 aliphatic carbocycles. The first-order valence-corrected chi connectivity index (χ1v) is 10.2. The molecule has 3 aromatic carbocycles. The number of aromatic nitrogens is 3. The summed E-state index contributed by atoms with van der Waals surface area (Å²) in [4.78, 5) is 21.6. The van der Waals surface area contributed by atoms with Crippen LogP contribution in [-0.4, -0.2) is 26.7 Å². The van der Waals surface area contributed by atoms with Gasteiger partial charge in [0.25, 0.3) is 5.91 Å². The van der Waals surface area contributed by atoms with E-state index in [0.717, 1.165) is 16.8 Å². The Morgan fingerprint density at radius 3 is 2.55 bits per heavy atom. The summed E-state index contributed by atoms with van der Waals surface area (Å²) in [5.74, 6) is -0.687. The summed E-state index contributed by atoms with van der Waals surface area (Å²) in [6.45, 7) is 0. The number of imidazole rings is 1. The van der Waals surface area contributed by atoms with E-state index in [1.807, 2.05) is 59.3 Å². The Hall–Kier alpha value is -4.65. The first-order valence-electron chi connectivity index (χ1n) is 10.2. The fourth-order valence-electron chi connectivity index (χ4n) is 3.50. The maximum Gasteiger partial charge on any atom is 0.272 e. The van der Waals surface area contributed by atoms with E-state index in [1.165, 1.54) is 12.1 Å². The van der Waals surface area contributed by atoms with Gasteiger partial charge in [0.2, 0.25) is 0 Å². The van der Waals surface area contributed by atoms with E-state index in [9.17, 15) is 9.18 Å². The van der Waals surface area contributed by atoms with Crippen LogP contribution in [0, 0.1) is 5.82 Å². The average Bonchev–Trinajstić information content (AvgIpc) is 3.39. The van der Waals surface area contributed by atoms with E-state index in [4.69, 9.17) is 0 Å². The number of hydrogen-bond donors (Lipinski definition) is 1. The van der Waals surface area contributed by atoms with Crippen molar-refractivity contribution in [3.05, 3.63) is 115 Å². The van der Waals surface area contributed by atoms with Gasteiger partial charge in [0.1, 0.15) is 5.82 Å². The van der Waals surface area contributed by atoms with Gasteiger partial charge < -0.3 is 4.57 Å². The molecular formula is C26H18FN5O. The lowest BCUT2D eigenvalue weighted by molar-refractivity contribution is 0.0956. The molecule has 2 heterocycles. The molecular weight excluding hydrogens is 417 g/mol. The molecule has 0 aliphatic rings. The van der Waals surface area contributed by atoms with Crippen LogP contribution in [-0.2, 0) is 0 Å². The Kier molecular flexibility index (Phi) is 5.43. The van der Waals surface area contributed by atoms with Gasteiger partial charge in [-0.1, -0.05) is 30.3 Å². The number of carbonyl (C=O) groups is 1. The minimum Gasteiger partial charge on any atom is -0.306 e. The molecule has 6 nitrogen and oxygen atoms in total. The quantitative estimate of drug-likeness (QED) is 0.312. The van der Waals surface area contributed by atoms with Crippen LogP contribution in [0.15, 0.2) is 103 Å². The zero-order chi connectivity index (χ0) is 22.6. The van der Waals surface area contributed by atoms with Crippen LogP contribution >= 0.6 is 0 Å². The number of nitrogens with zero attached hydrogens (tertiary/aromatic N) is 4. The molecule has 0 bridgehead atoms. The van der Waals surface area contributed by atoms with E-state index in [1.54, 1.807) is 36.9 Å². The van der Waals surface area contributed by atoms with Crippen molar-refractivity contribution in [3.63, 3.8) is 0 Å². The van der Waals surface area contributed by atoms with E-state index >= 15 is 0 Å². The number of benzene rings is 3. The van der Waals surface area contributed by atoms with Gasteiger partial charge in [0.15, 0.2) is 0 Å². The van der Waals surface area contributed by atoms with Gasteiger partial charge in [0, 0.05) is 29.0 Å². The lowest BCUT2D eigenvalue weighted by Gasteiger charge is -2.09. The third-order valence-electron chi connectivity index (χ3n) is 5.18. The predicted molar refractivity (Wildman–Crippen MR) is 126 cm³/mol. The van der Waals surface area contributed by atoms with Crippen molar-refractivity contribution in [1.82, 2.24) is 20.0 Å². The molecule has 0 aliphatic heterocycles. The molecule has 0 unspecified atom stereocenters. The zero-order valence-electron chi connectivity index (χ0n) is 17.4. The normalized spacial score (nSPS) is 11.2. The Balaban J connectivity index is 1.39. The fourth-order valence-corrected chi connectivity index (χ4v) is 3.50. The molecule has 0 radical (unpaired) electrons. The van der Waals surface area contributed by atoms with Crippen molar-refractivity contribution in [1.29, 1.82) is 0 Å². The summed E-state index contributed by atoms with van der Waals surface area (Å²) in [6, 6.07) is 22.8. The first kappa shape index (κ1) is 20.3. The van der Waals surface area contributed by atoms with Gasteiger partial charge in [0.05, 0.1) is 29.3 Å². The summed E-state index contributed by atoms with van der Waals surface area (Å²) >= 11 is 0. The van der Waals surface area contributed by atoms with Crippen molar-refractivity contribution >= 4 is 23.0 Å². The van der Waals surface area contributed by atoms with E-state index in [0.29, 0.717) is 22.2 Å². The third kappa shape index (κ3) is 4.38. The number of halogens is 1. The Bertz CT molecular complexity index is 1440. The second kappa shape index (κ2) is 8.84. The summed E-state index contributed by atoms with van der Waals surface area (Å²) in [5, 5.41) is 4.83. The van der Waals surface area contributed by atoms with Crippen molar-refractivity contribution in [3.8, 4) is 16.9 Å². The SMILES string of the molecule is O=C(N/N=C/c1ccc(-n2ccnc2)cc1)c1cc(-c2ccc(F)cc2)nc2ccccc12. The lowest BCUT2D eigenvalue weighted by Crippen LogP contribution is -2.18. The number of pyridine rings is 1. The molecule has 0 saturated carbocycles. The van der Waals surface area contributed by atoms with Crippen LogP contribution in [0.1, 0.15) is 15.9 Å². The summed E-state index contributed by atoms with van der Waals surface area (Å²) in [7, 11) is 0. The van der Waals surface area contributed by atoms with E-state index in [-0.39, 0.29) is 11.7 Å². The molecule has 33 heavy (non-hydrogen) atoms. The van der Waals surface area contributed by atoms with Crippen molar-refractivity contribution in [2.75, 3.05) is 0 Å². The number of hydrazone groups is 1. The highest BCUT2D eigenvalue weighted by atomic mass is 19.1. The van der Waals surface area contributed by atoms with Crippen molar-refractivity contribution in [2.45, 2.75) is 0 Å². The minimum absolute atomic E-state index is 0.329. The second-order valence-corrected chi connectivity index (χ2v) is 7.34. The Labute approximate surface area is 189 Å². The van der Waals surface area contributed by atoms with Gasteiger partial charge >= 0.3 is 0 Å². The molecule has 2 aromatic heterocycles. The van der Waals surface area contributed by atoms with Crippen LogP contribution in [0.4, 0.5) is 4.39 Å². The molecule has 0 fully saturated rings. The Morgan fingerprint density at radius 1 is 1.00 bits per heavy atom. The van der Waals surface area contributed by atoms with Crippen LogP contribution in [0.3, 0.4) is 0 Å². The van der Waals surface area contributed by atoms with Gasteiger partial charge in [-0.2, -0.15) is 5.10 Å². The molecule has 5 aromatic rings. The van der Waals surface area contributed by atoms with Gasteiger partial charge in [-0.25, -0.2) is 19.8 Å². The lowest BCUT2D eigenvalue weighted by atomic mass is 10.0. The summed E-state index contributed by atoms with van der Waals surface area (Å²) in [6.07, 6.45) is 6.89. The van der Waals surface area contributed by atoms with E-state index < -0.39 is 0 Å². The summed E-state index contributed by atoms with van der Waals surface area (Å²) in [5.41, 5.74) is 6.82. The van der Waals surface area contributed by atoms with Crippen LogP contribution in [0.25, 0.3) is 27.8 Å². The number of nitrogens with one attached hydrogen (secondary N) is 1. The van der Waals surface area contributed by atoms with Crippen molar-refractivity contribution < 1.29 is 9.18 Å². The number of para-hydroxylation sites is 1. The summed E-state index contributed by atoms with van der Waals surface area (Å²) < 4.78 is 15.2. The number of hydrogen-bond acceptors (Lipinski definition) is 4. The highest BCUT2D eigenvalue weighted by Gasteiger charge is 2.13. The van der Waals surface area contributed by atoms with Crippen molar-refractivity contribution in [2.24, 2.45) is 5.10 Å². The van der Waals surface area contributed by atoms with Gasteiger partial charge in [-0.3, -0.25) is 4.79 Å². The molecule has 1 amide bonds. The molecule has 0 saturated heterocycles. The number of carbonyl (C=O) groups excluding carboxylic acids is 1. The van der Waals surface area contributed by atoms with Crippen LogP contribution in [0.2, 0.25) is 0 Å². The smallest absolute Gasteiger partial charge is 0.272 e. The largest absolute Gasteiger partial charge is 0.306 e. The maximum absolute atomic E-state index is 13.3. The van der Waals surface area contributed by atoms with Crippen LogP contribution in [0.5, 0.6) is 0 Å². The molecule has 7 heteroatoms. The zero-order valence-corrected chi connectivity index (χ0v) is 17.4. The van der Waals surface area contributed by atoms with Gasteiger partial charge in [-0.15, -0.1) is 0 Å². The number of fused-ring (bicyclic) bond motifs is 1. The number of rotatable bonds is 5. The van der Waals surface area contributed by atoms with Gasteiger partial charge in [-0.05, 0) is 54.1 Å². The monoisotopic (exact) mass is 435 g/mol. The predicted octanol–water partition coefficient (Wildman–Crippen LogP) is 4.99. The highest BCUT2D eigenvalue weighted by molar-refractivity contribution is 6.07. The van der Waals surface area contributed by atoms with Crippen LogP contribution < -0.4 is 5.43 Å². The molecule has 5 rings (SSSR count). The first-order chi connectivity index (χ1) is 16.2. The molecule has 160 valence electrons. The molecule has 0 atom stereocenters. The van der Waals surface area contributed by atoms with E-state index in [2.05, 4.69) is 20.5 Å². The molecule has 0 spiro atoms. The third-order valence-corrected chi connectivity index (χ3v) is 5.18. The maximum atomic E-state index is 13.3. The minimum atomic E-state index is -0.358. The molecule has 1 N–H and O–H groups in total. The fraction of sp³-hybridized carbons (Fsp3) is 0. The topological polar surface area (TPSA) is 72.2 Å². The second-order valence-electron chi connectivity index (χ2n) is 7.34. The Morgan fingerprint density at radius 2 is 1.79 bits per heavy atom. The number of amides is 1. The average molecular weight is 435 g/mol. The highest BCUT2D eigenvalue weighted by Crippen LogP contribution is 2.25. The standard InChI is InChI=1S/C26H18FN5O/c27-20-9-7-19(8-10-20)25-15-23(22-3-1-2-4-24(22)30-25)26(33)31-29-16-18-5-11-21(12-6-18)32-14-13-28-17-32/h1-17H,(H,31,33)/b29-16+.